The number of nitrogens with zero attached hydrogens (tertiary/aromatic N) is 1. The summed E-state index contributed by atoms with van der Waals surface area (Å²) in [6.45, 7) is 0.818. The quantitative estimate of drug-likeness (QED) is 0.785. The maximum atomic E-state index is 12.7. The Bertz CT molecular complexity index is 528. The van der Waals surface area contributed by atoms with Crippen LogP contribution >= 0.6 is 0 Å². The lowest BCUT2D eigenvalue weighted by Gasteiger charge is -2.17. The fourth-order valence-electron chi connectivity index (χ4n) is 4.23. The summed E-state index contributed by atoms with van der Waals surface area (Å²) in [5, 5.41) is 0. The summed E-state index contributed by atoms with van der Waals surface area (Å²) in [6, 6.07) is 5.94. The van der Waals surface area contributed by atoms with Crippen molar-refractivity contribution in [1.29, 1.82) is 0 Å². The highest BCUT2D eigenvalue weighted by Gasteiger charge is 2.56. The van der Waals surface area contributed by atoms with E-state index in [1.807, 2.05) is 23.1 Å². The van der Waals surface area contributed by atoms with Gasteiger partial charge in [-0.05, 0) is 43.2 Å². The highest BCUT2D eigenvalue weighted by Crippen LogP contribution is 2.56. The number of hydrogen-bond acceptors (Lipinski definition) is 2. The lowest BCUT2D eigenvalue weighted by atomic mass is 10.0. The first-order chi connectivity index (χ1) is 9.27. The summed E-state index contributed by atoms with van der Waals surface area (Å²) in [5.74, 6) is 2.05. The molecule has 1 aliphatic heterocycles. The number of carbonyl (C=O) groups is 1. The lowest BCUT2D eigenvalue weighted by Crippen LogP contribution is -2.31. The first kappa shape index (κ1) is 11.3. The van der Waals surface area contributed by atoms with E-state index in [2.05, 4.69) is 0 Å². The Balaban J connectivity index is 1.59. The van der Waals surface area contributed by atoms with Gasteiger partial charge in [0.25, 0.3) is 0 Å². The largest absolute Gasteiger partial charge is 0.398 e. The first-order valence-electron chi connectivity index (χ1n) is 7.46. The number of amides is 1. The Morgan fingerprint density at radius 2 is 1.95 bits per heavy atom. The molecule has 2 saturated carbocycles. The number of rotatable bonds is 1. The third-order valence-corrected chi connectivity index (χ3v) is 5.27. The van der Waals surface area contributed by atoms with Gasteiger partial charge in [-0.3, -0.25) is 4.79 Å². The summed E-state index contributed by atoms with van der Waals surface area (Å²) >= 11 is 0. The number of carbonyl (C=O) groups excluding carboxylic acids is 1. The van der Waals surface area contributed by atoms with Crippen LogP contribution in [0.15, 0.2) is 18.2 Å². The number of nitrogen functional groups attached to an aromatic ring is 1. The standard InChI is InChI=1S/C16H20N2O/c17-13-6-3-7-14-12(13)8-9-18(14)16(19)15-10-4-1-2-5-11(10)15/h3,6-7,10-11,15H,1-2,4-5,8-9,17H2. The second-order valence-electron chi connectivity index (χ2n) is 6.22. The maximum absolute atomic E-state index is 12.7. The van der Waals surface area contributed by atoms with E-state index in [0.717, 1.165) is 24.3 Å². The summed E-state index contributed by atoms with van der Waals surface area (Å²) in [7, 11) is 0. The summed E-state index contributed by atoms with van der Waals surface area (Å²) < 4.78 is 0. The molecule has 0 spiro atoms. The van der Waals surface area contributed by atoms with Gasteiger partial charge in [-0.25, -0.2) is 0 Å². The molecule has 2 fully saturated rings. The Kier molecular flexibility index (Phi) is 2.38. The molecule has 2 unspecified atom stereocenters. The van der Waals surface area contributed by atoms with Crippen LogP contribution in [0.2, 0.25) is 0 Å². The number of hydrogen-bond donors (Lipinski definition) is 1. The predicted molar refractivity (Wildman–Crippen MR) is 75.8 cm³/mol. The van der Waals surface area contributed by atoms with Gasteiger partial charge in [0.15, 0.2) is 0 Å². The van der Waals surface area contributed by atoms with Gasteiger partial charge in [-0.15, -0.1) is 0 Å². The summed E-state index contributed by atoms with van der Waals surface area (Å²) in [4.78, 5) is 14.7. The third-order valence-electron chi connectivity index (χ3n) is 5.27. The lowest BCUT2D eigenvalue weighted by molar-refractivity contribution is -0.120. The van der Waals surface area contributed by atoms with E-state index in [1.54, 1.807) is 0 Å². The molecule has 0 radical (unpaired) electrons. The monoisotopic (exact) mass is 256 g/mol. The van der Waals surface area contributed by atoms with Gasteiger partial charge in [-0.1, -0.05) is 18.9 Å². The second kappa shape index (κ2) is 3.99. The van der Waals surface area contributed by atoms with Crippen molar-refractivity contribution in [3.63, 3.8) is 0 Å². The van der Waals surface area contributed by atoms with Gasteiger partial charge in [0.1, 0.15) is 0 Å². The van der Waals surface area contributed by atoms with Crippen molar-refractivity contribution >= 4 is 17.3 Å². The highest BCUT2D eigenvalue weighted by atomic mass is 16.2. The van der Waals surface area contributed by atoms with Gasteiger partial charge in [0, 0.05) is 29.4 Å². The second-order valence-corrected chi connectivity index (χ2v) is 6.22. The topological polar surface area (TPSA) is 46.3 Å². The van der Waals surface area contributed by atoms with E-state index in [-0.39, 0.29) is 0 Å². The van der Waals surface area contributed by atoms with E-state index < -0.39 is 0 Å². The molecule has 2 atom stereocenters. The molecule has 19 heavy (non-hydrogen) atoms. The van der Waals surface area contributed by atoms with Crippen molar-refractivity contribution in [2.75, 3.05) is 17.2 Å². The Morgan fingerprint density at radius 1 is 1.21 bits per heavy atom. The van der Waals surface area contributed by atoms with Crippen molar-refractivity contribution in [2.24, 2.45) is 17.8 Å². The molecule has 2 N–H and O–H groups in total. The number of nitrogens with two attached hydrogens (primary N) is 1. The minimum atomic E-state index is 0.315. The zero-order valence-corrected chi connectivity index (χ0v) is 11.1. The van der Waals surface area contributed by atoms with Gasteiger partial charge >= 0.3 is 0 Å². The number of fused-ring (bicyclic) bond motifs is 2. The third kappa shape index (κ3) is 1.60. The number of benzene rings is 1. The molecule has 1 amide bonds. The molecule has 3 nitrogen and oxygen atoms in total. The molecule has 4 rings (SSSR count). The zero-order chi connectivity index (χ0) is 13.0. The Hall–Kier alpha value is -1.51. The van der Waals surface area contributed by atoms with E-state index in [9.17, 15) is 4.79 Å². The van der Waals surface area contributed by atoms with Crippen molar-refractivity contribution in [2.45, 2.75) is 32.1 Å². The van der Waals surface area contributed by atoms with Crippen molar-refractivity contribution in [3.05, 3.63) is 23.8 Å². The van der Waals surface area contributed by atoms with Crippen LogP contribution in [0, 0.1) is 17.8 Å². The molecule has 0 aromatic heterocycles. The molecule has 3 aliphatic rings. The van der Waals surface area contributed by atoms with E-state index in [4.69, 9.17) is 5.73 Å². The molecular formula is C16H20N2O. The fraction of sp³-hybridized carbons (Fsp3) is 0.562. The molecule has 0 saturated heterocycles. The van der Waals surface area contributed by atoms with Crippen molar-refractivity contribution in [1.82, 2.24) is 0 Å². The predicted octanol–water partition coefficient (Wildman–Crippen LogP) is 2.59. The van der Waals surface area contributed by atoms with E-state index in [1.165, 1.54) is 31.2 Å². The van der Waals surface area contributed by atoms with Crippen molar-refractivity contribution in [3.8, 4) is 0 Å². The zero-order valence-electron chi connectivity index (χ0n) is 11.1. The molecular weight excluding hydrogens is 236 g/mol. The molecule has 1 aromatic rings. The smallest absolute Gasteiger partial charge is 0.230 e. The van der Waals surface area contributed by atoms with Crippen molar-refractivity contribution < 1.29 is 4.79 Å². The Labute approximate surface area is 113 Å². The maximum Gasteiger partial charge on any atom is 0.230 e. The molecule has 1 heterocycles. The van der Waals surface area contributed by atoms with Crippen LogP contribution in [0.5, 0.6) is 0 Å². The highest BCUT2D eigenvalue weighted by molar-refractivity contribution is 5.99. The van der Waals surface area contributed by atoms with Crippen LogP contribution in [0.4, 0.5) is 11.4 Å². The van der Waals surface area contributed by atoms with Crippen LogP contribution in [-0.4, -0.2) is 12.5 Å². The average molecular weight is 256 g/mol. The van der Waals surface area contributed by atoms with Crippen LogP contribution < -0.4 is 10.6 Å². The van der Waals surface area contributed by atoms with E-state index in [0.29, 0.717) is 23.7 Å². The van der Waals surface area contributed by atoms with Crippen LogP contribution in [0.3, 0.4) is 0 Å². The van der Waals surface area contributed by atoms with Crippen LogP contribution in [0.25, 0.3) is 0 Å². The number of anilines is 2. The minimum absolute atomic E-state index is 0.315. The SMILES string of the molecule is Nc1cccc2c1CCN2C(=O)C1C2CCCCC21. The van der Waals surface area contributed by atoms with Gasteiger partial charge < -0.3 is 10.6 Å². The Morgan fingerprint density at radius 3 is 2.68 bits per heavy atom. The minimum Gasteiger partial charge on any atom is -0.398 e. The molecule has 1 aromatic carbocycles. The van der Waals surface area contributed by atoms with Crippen LogP contribution in [0.1, 0.15) is 31.2 Å². The molecule has 3 heteroatoms. The summed E-state index contributed by atoms with van der Waals surface area (Å²) in [5.41, 5.74) is 9.07. The van der Waals surface area contributed by atoms with Gasteiger partial charge in [0.05, 0.1) is 0 Å². The summed E-state index contributed by atoms with van der Waals surface area (Å²) in [6.07, 6.45) is 6.07. The molecule has 0 bridgehead atoms. The van der Waals surface area contributed by atoms with E-state index >= 15 is 0 Å². The average Bonchev–Trinajstić information content (AvgIpc) is 2.99. The first-order valence-corrected chi connectivity index (χ1v) is 7.46. The van der Waals surface area contributed by atoms with Gasteiger partial charge in [0.2, 0.25) is 5.91 Å². The molecule has 100 valence electrons. The van der Waals surface area contributed by atoms with Crippen LogP contribution in [-0.2, 0) is 11.2 Å². The normalized spacial score (nSPS) is 31.8. The fourth-order valence-corrected chi connectivity index (χ4v) is 4.23. The van der Waals surface area contributed by atoms with Gasteiger partial charge in [-0.2, -0.15) is 0 Å². The molecule has 2 aliphatic carbocycles.